The van der Waals surface area contributed by atoms with Gasteiger partial charge in [0.15, 0.2) is 5.78 Å². The molecule has 0 bridgehead atoms. The third-order valence-electron chi connectivity index (χ3n) is 2.18. The van der Waals surface area contributed by atoms with Crippen molar-refractivity contribution < 1.29 is 9.18 Å². The summed E-state index contributed by atoms with van der Waals surface area (Å²) >= 11 is 0. The summed E-state index contributed by atoms with van der Waals surface area (Å²) in [6.45, 7) is 0.506. The van der Waals surface area contributed by atoms with Crippen molar-refractivity contribution in [2.45, 2.75) is 6.42 Å². The van der Waals surface area contributed by atoms with Crippen molar-refractivity contribution in [1.82, 2.24) is 0 Å². The first-order valence-electron chi connectivity index (χ1n) is 4.23. The molecule has 0 spiro atoms. The number of ketones is 1. The molecule has 1 aromatic rings. The highest BCUT2D eigenvalue weighted by Crippen LogP contribution is 2.26. The van der Waals surface area contributed by atoms with Crippen molar-refractivity contribution >= 4 is 11.5 Å². The van der Waals surface area contributed by atoms with E-state index in [1.807, 2.05) is 6.07 Å². The van der Waals surface area contributed by atoms with E-state index in [2.05, 4.69) is 5.32 Å². The highest BCUT2D eigenvalue weighted by Gasteiger charge is 2.20. The maximum absolute atomic E-state index is 13.0. The highest BCUT2D eigenvalue weighted by atomic mass is 19.1. The zero-order valence-electron chi connectivity index (χ0n) is 7.30. The zero-order chi connectivity index (χ0) is 10.1. The molecule has 1 aliphatic rings. The van der Waals surface area contributed by atoms with Gasteiger partial charge in [-0.3, -0.25) is 4.79 Å². The molecule has 14 heavy (non-hydrogen) atoms. The molecule has 4 heteroatoms. The number of benzene rings is 1. The Labute approximate surface area is 80.2 Å². The standard InChI is InChI=1S/C10H7FN2O/c11-7-3-6(5-12)10-8(4-7)9(14)1-2-13-10/h3-4,13H,1-2H2. The van der Waals surface area contributed by atoms with Gasteiger partial charge in [-0.15, -0.1) is 0 Å². The number of hydrogen-bond acceptors (Lipinski definition) is 3. The number of nitrogens with one attached hydrogen (secondary N) is 1. The Morgan fingerprint density at radius 2 is 2.29 bits per heavy atom. The maximum atomic E-state index is 13.0. The third kappa shape index (κ3) is 1.23. The molecule has 0 radical (unpaired) electrons. The Hall–Kier alpha value is -1.89. The lowest BCUT2D eigenvalue weighted by molar-refractivity contribution is 0.0983. The molecule has 3 nitrogen and oxygen atoms in total. The van der Waals surface area contributed by atoms with Gasteiger partial charge in [0.1, 0.15) is 11.9 Å². The molecule has 0 fully saturated rings. The van der Waals surface area contributed by atoms with Crippen LogP contribution in [0.25, 0.3) is 0 Å². The molecule has 0 saturated heterocycles. The number of hydrogen-bond donors (Lipinski definition) is 1. The summed E-state index contributed by atoms with van der Waals surface area (Å²) in [6, 6.07) is 4.16. The van der Waals surface area contributed by atoms with Crippen molar-refractivity contribution in [2.75, 3.05) is 11.9 Å². The average Bonchev–Trinajstić information content (AvgIpc) is 2.18. The molecule has 1 aromatic carbocycles. The maximum Gasteiger partial charge on any atom is 0.166 e. The Morgan fingerprint density at radius 3 is 3.00 bits per heavy atom. The number of nitrogens with zero attached hydrogens (tertiary/aromatic N) is 1. The van der Waals surface area contributed by atoms with Gasteiger partial charge >= 0.3 is 0 Å². The molecular formula is C10H7FN2O. The molecule has 0 aromatic heterocycles. The van der Waals surface area contributed by atoms with E-state index in [1.165, 1.54) is 6.07 Å². The van der Waals surface area contributed by atoms with Gasteiger partial charge in [-0.05, 0) is 12.1 Å². The topological polar surface area (TPSA) is 52.9 Å². The van der Waals surface area contributed by atoms with Crippen molar-refractivity contribution in [3.8, 4) is 6.07 Å². The average molecular weight is 190 g/mol. The lowest BCUT2D eigenvalue weighted by Crippen LogP contribution is -2.19. The molecule has 0 aliphatic carbocycles. The number of Topliss-reactive ketones (excluding diaryl/α,β-unsaturated/α-hetero) is 1. The fourth-order valence-electron chi connectivity index (χ4n) is 1.54. The summed E-state index contributed by atoms with van der Waals surface area (Å²) in [4.78, 5) is 11.4. The highest BCUT2D eigenvalue weighted by molar-refractivity contribution is 6.04. The van der Waals surface area contributed by atoms with E-state index in [0.717, 1.165) is 6.07 Å². The number of carbonyl (C=O) groups excluding carboxylic acids is 1. The first-order valence-corrected chi connectivity index (χ1v) is 4.23. The molecule has 1 aliphatic heterocycles. The molecule has 0 amide bonds. The van der Waals surface area contributed by atoms with Crippen molar-refractivity contribution in [3.05, 3.63) is 29.1 Å². The second-order valence-corrected chi connectivity index (χ2v) is 3.09. The number of carbonyl (C=O) groups is 1. The Balaban J connectivity index is 2.68. The van der Waals surface area contributed by atoms with E-state index in [0.29, 0.717) is 18.7 Å². The van der Waals surface area contributed by atoms with Gasteiger partial charge in [0.05, 0.1) is 11.3 Å². The summed E-state index contributed by atoms with van der Waals surface area (Å²) < 4.78 is 13.0. The number of anilines is 1. The van der Waals surface area contributed by atoms with Crippen LogP contribution in [0.4, 0.5) is 10.1 Å². The van der Waals surface area contributed by atoms with Gasteiger partial charge < -0.3 is 5.32 Å². The van der Waals surface area contributed by atoms with Gasteiger partial charge in [-0.1, -0.05) is 0 Å². The summed E-state index contributed by atoms with van der Waals surface area (Å²) in [5.74, 6) is -0.660. The molecule has 1 heterocycles. The monoisotopic (exact) mass is 190 g/mol. The minimum atomic E-state index is -0.544. The lowest BCUT2D eigenvalue weighted by atomic mass is 9.98. The van der Waals surface area contributed by atoms with Crippen LogP contribution in [0.2, 0.25) is 0 Å². The van der Waals surface area contributed by atoms with E-state index < -0.39 is 5.82 Å². The Morgan fingerprint density at radius 1 is 1.50 bits per heavy atom. The van der Waals surface area contributed by atoms with Gasteiger partial charge in [0.2, 0.25) is 0 Å². The number of nitriles is 1. The SMILES string of the molecule is N#Cc1cc(F)cc2c1NCCC2=O. The van der Waals surface area contributed by atoms with Crippen LogP contribution in [0.15, 0.2) is 12.1 Å². The predicted octanol–water partition coefficient (Wildman–Crippen LogP) is 1.70. The van der Waals surface area contributed by atoms with E-state index >= 15 is 0 Å². The fraction of sp³-hybridized carbons (Fsp3) is 0.200. The summed E-state index contributed by atoms with van der Waals surface area (Å²) in [6.07, 6.45) is 0.349. The molecular weight excluding hydrogens is 183 g/mol. The fourth-order valence-corrected chi connectivity index (χ4v) is 1.54. The lowest BCUT2D eigenvalue weighted by Gasteiger charge is -2.17. The largest absolute Gasteiger partial charge is 0.383 e. The number of halogens is 1. The minimum absolute atomic E-state index is 0.116. The minimum Gasteiger partial charge on any atom is -0.383 e. The van der Waals surface area contributed by atoms with E-state index in [9.17, 15) is 9.18 Å². The van der Waals surface area contributed by atoms with E-state index in [4.69, 9.17) is 5.26 Å². The van der Waals surface area contributed by atoms with E-state index in [1.54, 1.807) is 0 Å². The van der Waals surface area contributed by atoms with Crippen LogP contribution < -0.4 is 5.32 Å². The first kappa shape index (κ1) is 8.70. The van der Waals surface area contributed by atoms with Crippen LogP contribution >= 0.6 is 0 Å². The van der Waals surface area contributed by atoms with Crippen molar-refractivity contribution in [1.29, 1.82) is 5.26 Å². The number of rotatable bonds is 0. The zero-order valence-corrected chi connectivity index (χ0v) is 7.30. The van der Waals surface area contributed by atoms with Crippen LogP contribution in [0, 0.1) is 17.1 Å². The molecule has 2 rings (SSSR count). The summed E-state index contributed by atoms with van der Waals surface area (Å²) in [5, 5.41) is 11.7. The summed E-state index contributed by atoms with van der Waals surface area (Å²) in [7, 11) is 0. The molecule has 1 N–H and O–H groups in total. The Bertz CT molecular complexity index is 448. The number of fused-ring (bicyclic) bond motifs is 1. The quantitative estimate of drug-likeness (QED) is 0.677. The molecule has 0 atom stereocenters. The smallest absolute Gasteiger partial charge is 0.166 e. The van der Waals surface area contributed by atoms with Crippen LogP contribution in [0.3, 0.4) is 0 Å². The third-order valence-corrected chi connectivity index (χ3v) is 2.18. The van der Waals surface area contributed by atoms with Gasteiger partial charge in [0, 0.05) is 18.5 Å². The predicted molar refractivity (Wildman–Crippen MR) is 48.6 cm³/mol. The second-order valence-electron chi connectivity index (χ2n) is 3.09. The van der Waals surface area contributed by atoms with Gasteiger partial charge in [0.25, 0.3) is 0 Å². The van der Waals surface area contributed by atoms with Crippen LogP contribution in [0.1, 0.15) is 22.3 Å². The van der Waals surface area contributed by atoms with Crippen LogP contribution in [-0.2, 0) is 0 Å². The van der Waals surface area contributed by atoms with Crippen LogP contribution in [0.5, 0.6) is 0 Å². The first-order chi connectivity index (χ1) is 6.72. The van der Waals surface area contributed by atoms with Crippen molar-refractivity contribution in [3.63, 3.8) is 0 Å². The molecule has 70 valence electrons. The van der Waals surface area contributed by atoms with Gasteiger partial charge in [-0.25, -0.2) is 4.39 Å². The Kier molecular flexibility index (Phi) is 1.93. The molecule has 0 saturated carbocycles. The van der Waals surface area contributed by atoms with E-state index in [-0.39, 0.29) is 16.9 Å². The second kappa shape index (κ2) is 3.11. The summed E-state index contributed by atoms with van der Waals surface area (Å²) in [5.41, 5.74) is 0.936. The van der Waals surface area contributed by atoms with Gasteiger partial charge in [-0.2, -0.15) is 5.26 Å². The van der Waals surface area contributed by atoms with Crippen LogP contribution in [-0.4, -0.2) is 12.3 Å². The molecule has 0 unspecified atom stereocenters. The normalized spacial score (nSPS) is 14.1. The van der Waals surface area contributed by atoms with Crippen molar-refractivity contribution in [2.24, 2.45) is 0 Å².